The molecule has 0 aliphatic carbocycles. The van der Waals surface area contributed by atoms with Crippen molar-refractivity contribution in [1.29, 1.82) is 0 Å². The number of pyridine rings is 1. The standard InChI is InChI=1S/C12H18N2.W/c1-8(2)10-6-11(9(3)4)12(13-5)14-7-10;/h5-9,14H,1-4H3;. The third-order valence-corrected chi connectivity index (χ3v) is 2.82. The second-order valence-electron chi connectivity index (χ2n) is 4.28. The van der Waals surface area contributed by atoms with Gasteiger partial charge in [-0.3, -0.25) is 0 Å². The molecule has 3 heteroatoms. The monoisotopic (exact) mass is 374 g/mol. The predicted octanol–water partition coefficient (Wildman–Crippen LogP) is 2.47. The number of aromatic nitrogens is 1. The zero-order valence-electron chi connectivity index (χ0n) is 9.74. The van der Waals surface area contributed by atoms with Gasteiger partial charge in [0.05, 0.1) is 0 Å². The Labute approximate surface area is 102 Å². The fourth-order valence-corrected chi connectivity index (χ4v) is 1.84. The van der Waals surface area contributed by atoms with Crippen molar-refractivity contribution in [2.45, 2.75) is 39.5 Å². The van der Waals surface area contributed by atoms with Crippen molar-refractivity contribution in [3.05, 3.63) is 28.9 Å². The van der Waals surface area contributed by atoms with Gasteiger partial charge in [-0.1, -0.05) is 0 Å². The Kier molecular flexibility index (Phi) is 4.66. The summed E-state index contributed by atoms with van der Waals surface area (Å²) in [5.74, 6) is 1.07. The van der Waals surface area contributed by atoms with Gasteiger partial charge >= 0.3 is 102 Å². The van der Waals surface area contributed by atoms with Crippen LogP contribution in [0.25, 0.3) is 0 Å². The van der Waals surface area contributed by atoms with Gasteiger partial charge < -0.3 is 0 Å². The molecule has 1 aromatic heterocycles. The Balaban J connectivity index is 3.33. The van der Waals surface area contributed by atoms with E-state index >= 15 is 0 Å². The first-order valence-electron chi connectivity index (χ1n) is 5.26. The van der Waals surface area contributed by atoms with Crippen LogP contribution in [0.15, 0.2) is 17.3 Å². The molecule has 82 valence electrons. The molecule has 0 amide bonds. The van der Waals surface area contributed by atoms with Crippen LogP contribution in [0.2, 0.25) is 0 Å². The van der Waals surface area contributed by atoms with E-state index in [2.05, 4.69) is 49.9 Å². The molecule has 1 heterocycles. The molecule has 0 unspecified atom stereocenters. The summed E-state index contributed by atoms with van der Waals surface area (Å²) in [5.41, 5.74) is 3.66. The third-order valence-electron chi connectivity index (χ3n) is 2.44. The molecular weight excluding hydrogens is 356 g/mol. The average Bonchev–Trinajstić information content (AvgIpc) is 2.18. The van der Waals surface area contributed by atoms with Crippen molar-refractivity contribution in [1.82, 2.24) is 4.98 Å². The fraction of sp³-hybridized carbons (Fsp3) is 0.500. The van der Waals surface area contributed by atoms with Gasteiger partial charge in [0.15, 0.2) is 0 Å². The van der Waals surface area contributed by atoms with Crippen LogP contribution in [-0.2, 0) is 19.4 Å². The molecule has 0 bridgehead atoms. The molecule has 0 fully saturated rings. The molecule has 15 heavy (non-hydrogen) atoms. The van der Waals surface area contributed by atoms with Gasteiger partial charge in [0.2, 0.25) is 0 Å². The Bertz CT molecular complexity index is 402. The number of hydrogen-bond acceptors (Lipinski definition) is 1. The number of rotatable bonds is 3. The van der Waals surface area contributed by atoms with E-state index in [-0.39, 0.29) is 0 Å². The molecule has 0 aromatic carbocycles. The van der Waals surface area contributed by atoms with Crippen molar-refractivity contribution in [3.63, 3.8) is 0 Å². The SMILES string of the molecule is CC(C)c1c[nH]c(=N[CH]=[W])c(C(C)C)c1. The van der Waals surface area contributed by atoms with Crippen LogP contribution >= 0.6 is 0 Å². The zero-order chi connectivity index (χ0) is 11.4. The summed E-state index contributed by atoms with van der Waals surface area (Å²) in [4.78, 5) is 7.67. The Morgan fingerprint density at radius 2 is 1.93 bits per heavy atom. The van der Waals surface area contributed by atoms with Crippen LogP contribution in [-0.4, -0.2) is 9.51 Å². The second kappa shape index (κ2) is 5.55. The summed E-state index contributed by atoms with van der Waals surface area (Å²) in [6.45, 7) is 8.82. The second-order valence-corrected chi connectivity index (χ2v) is 5.04. The first-order valence-corrected chi connectivity index (χ1v) is 6.95. The molecule has 1 rings (SSSR count). The molecule has 1 N–H and O–H groups in total. The van der Waals surface area contributed by atoms with Crippen molar-refractivity contribution < 1.29 is 19.4 Å². The summed E-state index contributed by atoms with van der Waals surface area (Å²) < 4.78 is 1.91. The molecule has 0 saturated carbocycles. The molecule has 1 aromatic rings. The number of nitrogens with zero attached hydrogens (tertiary/aromatic N) is 1. The van der Waals surface area contributed by atoms with Crippen LogP contribution in [0, 0.1) is 0 Å². The van der Waals surface area contributed by atoms with Gasteiger partial charge in [0.25, 0.3) is 0 Å². The van der Waals surface area contributed by atoms with Crippen LogP contribution < -0.4 is 5.49 Å². The van der Waals surface area contributed by atoms with E-state index in [1.807, 2.05) is 4.52 Å². The van der Waals surface area contributed by atoms with Gasteiger partial charge in [-0.2, -0.15) is 0 Å². The Hall–Kier alpha value is -0.492. The van der Waals surface area contributed by atoms with Crippen molar-refractivity contribution in [2.24, 2.45) is 4.99 Å². The first-order chi connectivity index (χ1) is 7.06. The molecular formula is C12H18N2W. The Morgan fingerprint density at radius 1 is 1.27 bits per heavy atom. The number of H-pyrrole nitrogens is 1. The minimum absolute atomic E-state index is 0.508. The minimum atomic E-state index is 0.508. The van der Waals surface area contributed by atoms with E-state index in [1.165, 1.54) is 30.5 Å². The summed E-state index contributed by atoms with van der Waals surface area (Å²) in [5, 5.41) is 0. The number of aromatic amines is 1. The normalized spacial score (nSPS) is 12.5. The maximum atomic E-state index is 4.38. The van der Waals surface area contributed by atoms with E-state index in [0.717, 1.165) is 5.49 Å². The van der Waals surface area contributed by atoms with Crippen LogP contribution in [0.1, 0.15) is 50.7 Å². The molecule has 2 nitrogen and oxygen atoms in total. The van der Waals surface area contributed by atoms with Crippen LogP contribution in [0.4, 0.5) is 0 Å². The summed E-state index contributed by atoms with van der Waals surface area (Å²) >= 11 is 1.38. The fourth-order valence-electron chi connectivity index (χ4n) is 1.46. The summed E-state index contributed by atoms with van der Waals surface area (Å²) in [6, 6.07) is 2.27. The van der Waals surface area contributed by atoms with E-state index in [9.17, 15) is 0 Å². The number of hydrogen-bond donors (Lipinski definition) is 1. The van der Waals surface area contributed by atoms with Crippen molar-refractivity contribution >= 4 is 4.52 Å². The number of nitrogens with one attached hydrogen (secondary N) is 1. The van der Waals surface area contributed by atoms with Gasteiger partial charge in [-0.25, -0.2) is 0 Å². The predicted molar refractivity (Wildman–Crippen MR) is 60.6 cm³/mol. The van der Waals surface area contributed by atoms with Crippen LogP contribution in [0.5, 0.6) is 0 Å². The first kappa shape index (κ1) is 12.6. The molecule has 0 aliphatic heterocycles. The molecule has 0 radical (unpaired) electrons. The van der Waals surface area contributed by atoms with E-state index < -0.39 is 0 Å². The van der Waals surface area contributed by atoms with Crippen molar-refractivity contribution in [2.75, 3.05) is 0 Å². The topological polar surface area (TPSA) is 28.1 Å². The maximum absolute atomic E-state index is 4.38. The van der Waals surface area contributed by atoms with Gasteiger partial charge in [-0.05, 0) is 0 Å². The molecule has 0 spiro atoms. The van der Waals surface area contributed by atoms with Crippen molar-refractivity contribution in [3.8, 4) is 0 Å². The molecule has 0 saturated heterocycles. The average molecular weight is 374 g/mol. The quantitative estimate of drug-likeness (QED) is 0.843. The van der Waals surface area contributed by atoms with Gasteiger partial charge in [0.1, 0.15) is 0 Å². The molecule has 0 atom stereocenters. The van der Waals surface area contributed by atoms with E-state index in [4.69, 9.17) is 0 Å². The molecule has 0 aliphatic rings. The summed E-state index contributed by atoms with van der Waals surface area (Å²) in [6.07, 6.45) is 2.06. The van der Waals surface area contributed by atoms with E-state index in [1.54, 1.807) is 0 Å². The van der Waals surface area contributed by atoms with E-state index in [0.29, 0.717) is 11.8 Å². The summed E-state index contributed by atoms with van der Waals surface area (Å²) in [7, 11) is 0. The Morgan fingerprint density at radius 3 is 2.40 bits per heavy atom. The van der Waals surface area contributed by atoms with Gasteiger partial charge in [0, 0.05) is 0 Å². The van der Waals surface area contributed by atoms with Gasteiger partial charge in [-0.15, -0.1) is 0 Å². The third kappa shape index (κ3) is 3.24. The zero-order valence-corrected chi connectivity index (χ0v) is 12.7. The van der Waals surface area contributed by atoms with Crippen LogP contribution in [0.3, 0.4) is 0 Å².